The van der Waals surface area contributed by atoms with Gasteiger partial charge >= 0.3 is 0 Å². The number of imide groups is 1. The lowest BCUT2D eigenvalue weighted by molar-refractivity contribution is -0.140. The quantitative estimate of drug-likeness (QED) is 0.533. The Hall–Kier alpha value is -2.41. The van der Waals surface area contributed by atoms with E-state index in [1.165, 1.54) is 4.90 Å². The van der Waals surface area contributed by atoms with Gasteiger partial charge in [0.1, 0.15) is 0 Å². The first-order valence-corrected chi connectivity index (χ1v) is 10.0. The lowest BCUT2D eigenvalue weighted by Gasteiger charge is -2.19. The second kappa shape index (κ2) is 9.19. The van der Waals surface area contributed by atoms with E-state index in [0.717, 1.165) is 25.7 Å². The molecule has 0 spiro atoms. The van der Waals surface area contributed by atoms with Crippen LogP contribution in [0, 0.1) is 11.8 Å². The summed E-state index contributed by atoms with van der Waals surface area (Å²) >= 11 is 5.78. The largest absolute Gasteiger partial charge is 0.354 e. The van der Waals surface area contributed by atoms with Crippen LogP contribution < -0.4 is 10.6 Å². The first kappa shape index (κ1) is 20.3. The molecule has 1 aromatic rings. The van der Waals surface area contributed by atoms with E-state index >= 15 is 0 Å². The summed E-state index contributed by atoms with van der Waals surface area (Å²) in [5.74, 6) is -1.13. The molecule has 3 rings (SSSR count). The monoisotopic (exact) mass is 405 g/mol. The Morgan fingerprint density at radius 1 is 0.964 bits per heavy atom. The zero-order chi connectivity index (χ0) is 20.1. The van der Waals surface area contributed by atoms with Gasteiger partial charge in [0.25, 0.3) is 5.91 Å². The average Bonchev–Trinajstić information content (AvgIpc) is 2.94. The number of benzene rings is 1. The van der Waals surface area contributed by atoms with Crippen LogP contribution in [-0.4, -0.2) is 48.2 Å². The maximum atomic E-state index is 12.4. The fraction of sp³-hybridized carbons (Fsp3) is 0.500. The number of hydrogen-bond donors (Lipinski definition) is 2. The number of fused-ring (bicyclic) bond motifs is 1. The number of carbonyl (C=O) groups excluding carboxylic acids is 4. The van der Waals surface area contributed by atoms with Crippen LogP contribution in [0.15, 0.2) is 24.3 Å². The maximum Gasteiger partial charge on any atom is 0.251 e. The summed E-state index contributed by atoms with van der Waals surface area (Å²) in [4.78, 5) is 49.9. The fourth-order valence-corrected chi connectivity index (χ4v) is 3.96. The molecule has 1 saturated heterocycles. The molecule has 2 atom stereocenters. The summed E-state index contributed by atoms with van der Waals surface area (Å²) in [6.07, 6.45) is 3.57. The normalized spacial score (nSPS) is 21.4. The number of likely N-dealkylation sites (tertiary alicyclic amines) is 1. The van der Waals surface area contributed by atoms with E-state index < -0.39 is 0 Å². The fourth-order valence-electron chi connectivity index (χ4n) is 3.83. The summed E-state index contributed by atoms with van der Waals surface area (Å²) in [5.41, 5.74) is 0.489. The van der Waals surface area contributed by atoms with Gasteiger partial charge in [0.15, 0.2) is 0 Å². The van der Waals surface area contributed by atoms with E-state index in [2.05, 4.69) is 10.6 Å². The molecule has 7 nitrogen and oxygen atoms in total. The van der Waals surface area contributed by atoms with Crippen molar-refractivity contribution in [1.82, 2.24) is 15.5 Å². The van der Waals surface area contributed by atoms with Gasteiger partial charge in [0.2, 0.25) is 17.7 Å². The van der Waals surface area contributed by atoms with E-state index in [1.54, 1.807) is 24.3 Å². The molecule has 2 N–H and O–H groups in total. The van der Waals surface area contributed by atoms with Crippen LogP contribution in [0.1, 0.15) is 42.5 Å². The number of hydrogen-bond acceptors (Lipinski definition) is 4. The average molecular weight is 406 g/mol. The molecule has 1 aliphatic carbocycles. The molecule has 1 aliphatic heterocycles. The first-order chi connectivity index (χ1) is 13.5. The molecule has 0 radical (unpaired) electrons. The molecule has 1 heterocycles. The molecular formula is C20H24ClN3O4. The summed E-state index contributed by atoms with van der Waals surface area (Å²) in [6, 6.07) is 6.51. The van der Waals surface area contributed by atoms with Crippen molar-refractivity contribution in [2.75, 3.05) is 19.6 Å². The zero-order valence-electron chi connectivity index (χ0n) is 15.6. The Labute approximate surface area is 168 Å². The van der Waals surface area contributed by atoms with E-state index in [4.69, 9.17) is 11.6 Å². The van der Waals surface area contributed by atoms with Crippen molar-refractivity contribution < 1.29 is 19.2 Å². The molecule has 1 aromatic carbocycles. The smallest absolute Gasteiger partial charge is 0.251 e. The van der Waals surface area contributed by atoms with E-state index in [1.807, 2.05) is 0 Å². The van der Waals surface area contributed by atoms with Gasteiger partial charge in [0, 0.05) is 36.6 Å². The molecule has 1 saturated carbocycles. The molecular weight excluding hydrogens is 382 g/mol. The van der Waals surface area contributed by atoms with Crippen LogP contribution in [0.4, 0.5) is 0 Å². The molecule has 2 aliphatic rings. The van der Waals surface area contributed by atoms with Crippen LogP contribution in [0.5, 0.6) is 0 Å². The van der Waals surface area contributed by atoms with Crippen LogP contribution >= 0.6 is 11.6 Å². The molecule has 2 unspecified atom stereocenters. The Kier molecular flexibility index (Phi) is 6.67. The minimum absolute atomic E-state index is 0.0715. The van der Waals surface area contributed by atoms with Crippen molar-refractivity contribution in [3.05, 3.63) is 34.9 Å². The van der Waals surface area contributed by atoms with E-state index in [0.29, 0.717) is 10.6 Å². The van der Waals surface area contributed by atoms with Crippen molar-refractivity contribution in [2.24, 2.45) is 11.8 Å². The minimum Gasteiger partial charge on any atom is -0.354 e. The second-order valence-corrected chi connectivity index (χ2v) is 7.62. The molecule has 2 fully saturated rings. The third-order valence-corrected chi connectivity index (χ3v) is 5.59. The molecule has 0 bridgehead atoms. The Balaban J connectivity index is 1.36. The number of rotatable bonds is 7. The first-order valence-electron chi connectivity index (χ1n) is 9.63. The molecule has 28 heavy (non-hydrogen) atoms. The second-order valence-electron chi connectivity index (χ2n) is 7.19. The molecule has 150 valence electrons. The third kappa shape index (κ3) is 4.70. The summed E-state index contributed by atoms with van der Waals surface area (Å²) < 4.78 is 0. The molecule has 4 amide bonds. The highest BCUT2D eigenvalue weighted by Crippen LogP contribution is 2.37. The predicted molar refractivity (Wildman–Crippen MR) is 104 cm³/mol. The van der Waals surface area contributed by atoms with Crippen molar-refractivity contribution in [3.8, 4) is 0 Å². The number of halogens is 1. The lowest BCUT2D eigenvalue weighted by atomic mass is 9.81. The maximum absolute atomic E-state index is 12.4. The van der Waals surface area contributed by atoms with Gasteiger partial charge in [-0.25, -0.2) is 0 Å². The topological polar surface area (TPSA) is 95.6 Å². The summed E-state index contributed by atoms with van der Waals surface area (Å²) in [6.45, 7) is 0.665. The summed E-state index contributed by atoms with van der Waals surface area (Å²) in [5, 5.41) is 5.95. The van der Waals surface area contributed by atoms with Gasteiger partial charge in [-0.1, -0.05) is 24.4 Å². The Morgan fingerprint density at radius 3 is 2.14 bits per heavy atom. The predicted octanol–water partition coefficient (Wildman–Crippen LogP) is 1.75. The van der Waals surface area contributed by atoms with Gasteiger partial charge < -0.3 is 10.6 Å². The van der Waals surface area contributed by atoms with Gasteiger partial charge in [-0.05, 0) is 37.1 Å². The Morgan fingerprint density at radius 2 is 1.54 bits per heavy atom. The van der Waals surface area contributed by atoms with E-state index in [9.17, 15) is 19.2 Å². The Bertz CT molecular complexity index is 741. The highest BCUT2D eigenvalue weighted by molar-refractivity contribution is 6.30. The highest BCUT2D eigenvalue weighted by Gasteiger charge is 2.47. The van der Waals surface area contributed by atoms with Crippen LogP contribution in [0.3, 0.4) is 0 Å². The van der Waals surface area contributed by atoms with Gasteiger partial charge in [-0.15, -0.1) is 0 Å². The number of carbonyl (C=O) groups is 4. The standard InChI is InChI=1S/C20H24ClN3O4/c21-14-7-5-13(6-8-14)18(26)23-11-10-22-17(25)9-12-24-19(27)15-3-1-2-4-16(15)20(24)28/h5-8,15-16H,1-4,9-12H2,(H,22,25)(H,23,26). The number of amides is 4. The van der Waals surface area contributed by atoms with Gasteiger partial charge in [-0.2, -0.15) is 0 Å². The minimum atomic E-state index is -0.254. The van der Waals surface area contributed by atoms with Crippen molar-refractivity contribution in [3.63, 3.8) is 0 Å². The van der Waals surface area contributed by atoms with Gasteiger partial charge in [-0.3, -0.25) is 24.1 Å². The summed E-state index contributed by atoms with van der Waals surface area (Å²) in [7, 11) is 0. The molecule has 0 aromatic heterocycles. The van der Waals surface area contributed by atoms with E-state index in [-0.39, 0.29) is 61.5 Å². The highest BCUT2D eigenvalue weighted by atomic mass is 35.5. The third-order valence-electron chi connectivity index (χ3n) is 5.33. The zero-order valence-corrected chi connectivity index (χ0v) is 16.3. The van der Waals surface area contributed by atoms with Crippen molar-refractivity contribution in [1.29, 1.82) is 0 Å². The van der Waals surface area contributed by atoms with Crippen molar-refractivity contribution in [2.45, 2.75) is 32.1 Å². The van der Waals surface area contributed by atoms with Gasteiger partial charge in [0.05, 0.1) is 11.8 Å². The van der Waals surface area contributed by atoms with Crippen LogP contribution in [-0.2, 0) is 14.4 Å². The number of nitrogens with zero attached hydrogens (tertiary/aromatic N) is 1. The van der Waals surface area contributed by atoms with Crippen LogP contribution in [0.25, 0.3) is 0 Å². The molecule has 8 heteroatoms. The lowest BCUT2D eigenvalue weighted by Crippen LogP contribution is -2.38. The van der Waals surface area contributed by atoms with Crippen LogP contribution in [0.2, 0.25) is 5.02 Å². The number of nitrogens with one attached hydrogen (secondary N) is 2. The SMILES string of the molecule is O=C(CCN1C(=O)C2CCCCC2C1=O)NCCNC(=O)c1ccc(Cl)cc1. The van der Waals surface area contributed by atoms with Crippen molar-refractivity contribution >= 4 is 35.2 Å².